The van der Waals surface area contributed by atoms with Crippen LogP contribution in [-0.4, -0.2) is 23.0 Å². The Hall–Kier alpha value is -3.06. The van der Waals surface area contributed by atoms with Crippen molar-refractivity contribution in [1.82, 2.24) is 5.32 Å². The Morgan fingerprint density at radius 1 is 1.04 bits per heavy atom. The molecule has 2 rings (SSSR count). The minimum atomic E-state index is -1.05. The monoisotopic (exact) mass is 321 g/mol. The van der Waals surface area contributed by atoms with Crippen LogP contribution >= 0.6 is 0 Å². The molecule has 24 heavy (non-hydrogen) atoms. The molecule has 0 fully saturated rings. The summed E-state index contributed by atoms with van der Waals surface area (Å²) >= 11 is 0. The van der Waals surface area contributed by atoms with Gasteiger partial charge in [0.2, 0.25) is 0 Å². The molecular formula is C20H19NO3. The van der Waals surface area contributed by atoms with E-state index in [1.807, 2.05) is 42.5 Å². The van der Waals surface area contributed by atoms with E-state index in [2.05, 4.69) is 11.2 Å². The SMILES string of the molecule is C#CCCC[C@@H](NC(=O)c1ccc(-c2ccccc2)cc1)C(=O)O. The van der Waals surface area contributed by atoms with Crippen molar-refractivity contribution in [3.8, 4) is 23.5 Å². The molecule has 0 radical (unpaired) electrons. The first-order valence-electron chi connectivity index (χ1n) is 7.74. The molecule has 0 aliphatic carbocycles. The Morgan fingerprint density at radius 3 is 2.25 bits per heavy atom. The second-order valence-electron chi connectivity index (χ2n) is 5.40. The van der Waals surface area contributed by atoms with Crippen LogP contribution in [0.4, 0.5) is 0 Å². The molecule has 0 heterocycles. The number of carboxylic acid groups (broad SMARTS) is 1. The third-order valence-corrected chi connectivity index (χ3v) is 3.67. The molecule has 2 N–H and O–H groups in total. The summed E-state index contributed by atoms with van der Waals surface area (Å²) in [7, 11) is 0. The maximum Gasteiger partial charge on any atom is 0.326 e. The van der Waals surface area contributed by atoms with Gasteiger partial charge in [-0.2, -0.15) is 0 Å². The highest BCUT2D eigenvalue weighted by atomic mass is 16.4. The van der Waals surface area contributed by atoms with Crippen molar-refractivity contribution in [2.45, 2.75) is 25.3 Å². The number of amides is 1. The van der Waals surface area contributed by atoms with Crippen molar-refractivity contribution in [1.29, 1.82) is 0 Å². The Labute approximate surface area is 141 Å². The maximum atomic E-state index is 12.2. The first kappa shape index (κ1) is 17.3. The normalized spacial score (nSPS) is 11.3. The van der Waals surface area contributed by atoms with Crippen molar-refractivity contribution in [2.75, 3.05) is 0 Å². The average molecular weight is 321 g/mol. The first-order valence-corrected chi connectivity index (χ1v) is 7.74. The van der Waals surface area contributed by atoms with Gasteiger partial charge in [0, 0.05) is 12.0 Å². The minimum Gasteiger partial charge on any atom is -0.480 e. The number of benzene rings is 2. The summed E-state index contributed by atoms with van der Waals surface area (Å²) in [5.74, 6) is 1.01. The van der Waals surface area contributed by atoms with Gasteiger partial charge in [0.05, 0.1) is 0 Å². The van der Waals surface area contributed by atoms with Crippen LogP contribution in [0.25, 0.3) is 11.1 Å². The van der Waals surface area contributed by atoms with E-state index >= 15 is 0 Å². The number of carbonyl (C=O) groups excluding carboxylic acids is 1. The van der Waals surface area contributed by atoms with Crippen LogP contribution in [0.5, 0.6) is 0 Å². The van der Waals surface area contributed by atoms with Gasteiger partial charge in [0.1, 0.15) is 6.04 Å². The molecule has 0 aromatic heterocycles. The van der Waals surface area contributed by atoms with Crippen LogP contribution in [0.15, 0.2) is 54.6 Å². The molecule has 4 heteroatoms. The summed E-state index contributed by atoms with van der Waals surface area (Å²) in [6.07, 6.45) is 6.52. The minimum absolute atomic E-state index is 0.313. The van der Waals surface area contributed by atoms with Crippen molar-refractivity contribution in [3.63, 3.8) is 0 Å². The molecule has 0 saturated carbocycles. The lowest BCUT2D eigenvalue weighted by Gasteiger charge is -2.14. The number of nitrogens with one attached hydrogen (secondary N) is 1. The molecule has 0 spiro atoms. The summed E-state index contributed by atoms with van der Waals surface area (Å²) in [4.78, 5) is 23.5. The zero-order chi connectivity index (χ0) is 17.4. The van der Waals surface area contributed by atoms with Gasteiger partial charge in [-0.3, -0.25) is 4.79 Å². The van der Waals surface area contributed by atoms with Crippen LogP contribution in [0, 0.1) is 12.3 Å². The predicted molar refractivity (Wildman–Crippen MR) is 93.5 cm³/mol. The molecule has 122 valence electrons. The average Bonchev–Trinajstić information content (AvgIpc) is 2.61. The van der Waals surface area contributed by atoms with Gasteiger partial charge in [-0.05, 0) is 36.1 Å². The standard InChI is InChI=1S/C20H19NO3/c1-2-3-5-10-18(20(23)24)21-19(22)17-13-11-16(12-14-17)15-8-6-4-7-9-15/h1,4,6-9,11-14,18H,3,5,10H2,(H,21,22)(H,23,24)/t18-/m1/s1. The Bertz CT molecular complexity index is 730. The molecule has 4 nitrogen and oxygen atoms in total. The second-order valence-corrected chi connectivity index (χ2v) is 5.40. The third kappa shape index (κ3) is 4.72. The van der Waals surface area contributed by atoms with Crippen LogP contribution in [-0.2, 0) is 4.79 Å². The van der Waals surface area contributed by atoms with Crippen LogP contribution in [0.1, 0.15) is 29.6 Å². The first-order chi connectivity index (χ1) is 11.6. The molecule has 1 atom stereocenters. The van der Waals surface area contributed by atoms with Crippen molar-refractivity contribution in [2.24, 2.45) is 0 Å². The Morgan fingerprint density at radius 2 is 1.67 bits per heavy atom. The van der Waals surface area contributed by atoms with E-state index in [1.54, 1.807) is 12.1 Å². The lowest BCUT2D eigenvalue weighted by Crippen LogP contribution is -2.40. The van der Waals surface area contributed by atoms with E-state index in [1.165, 1.54) is 0 Å². The summed E-state index contributed by atoms with van der Waals surface area (Å²) in [5.41, 5.74) is 2.48. The molecule has 2 aromatic carbocycles. The van der Waals surface area contributed by atoms with Gasteiger partial charge in [-0.15, -0.1) is 12.3 Å². The predicted octanol–water partition coefficient (Wildman–Crippen LogP) is 3.34. The van der Waals surface area contributed by atoms with Gasteiger partial charge in [0.25, 0.3) is 5.91 Å². The summed E-state index contributed by atoms with van der Waals surface area (Å²) in [6, 6.07) is 16.0. The number of terminal acetylenes is 1. The lowest BCUT2D eigenvalue weighted by molar-refractivity contribution is -0.139. The maximum absolute atomic E-state index is 12.2. The summed E-state index contributed by atoms with van der Waals surface area (Å²) in [6.45, 7) is 0. The highest BCUT2D eigenvalue weighted by Crippen LogP contribution is 2.19. The fourth-order valence-electron chi connectivity index (χ4n) is 2.35. The van der Waals surface area contributed by atoms with Gasteiger partial charge in [-0.1, -0.05) is 42.5 Å². The number of carboxylic acids is 1. The van der Waals surface area contributed by atoms with Crippen LogP contribution in [0.2, 0.25) is 0 Å². The van der Waals surface area contributed by atoms with E-state index in [0.717, 1.165) is 11.1 Å². The number of carbonyl (C=O) groups is 2. The van der Waals surface area contributed by atoms with Crippen molar-refractivity contribution in [3.05, 3.63) is 60.2 Å². The molecule has 0 unspecified atom stereocenters. The zero-order valence-corrected chi connectivity index (χ0v) is 13.2. The topological polar surface area (TPSA) is 66.4 Å². The van der Waals surface area contributed by atoms with Gasteiger partial charge < -0.3 is 10.4 Å². The quantitative estimate of drug-likeness (QED) is 0.607. The lowest BCUT2D eigenvalue weighted by atomic mass is 10.0. The highest BCUT2D eigenvalue weighted by molar-refractivity contribution is 5.97. The fraction of sp³-hybridized carbons (Fsp3) is 0.200. The van der Waals surface area contributed by atoms with Crippen molar-refractivity contribution < 1.29 is 14.7 Å². The van der Waals surface area contributed by atoms with E-state index in [-0.39, 0.29) is 0 Å². The zero-order valence-electron chi connectivity index (χ0n) is 13.2. The number of unbranched alkanes of at least 4 members (excludes halogenated alkanes) is 1. The van der Waals surface area contributed by atoms with E-state index < -0.39 is 17.9 Å². The van der Waals surface area contributed by atoms with Gasteiger partial charge >= 0.3 is 5.97 Å². The Balaban J connectivity index is 2.03. The highest BCUT2D eigenvalue weighted by Gasteiger charge is 2.20. The van der Waals surface area contributed by atoms with Crippen molar-refractivity contribution >= 4 is 11.9 Å². The molecule has 1 amide bonds. The Kier molecular flexibility index (Phi) is 6.16. The summed E-state index contributed by atoms with van der Waals surface area (Å²) < 4.78 is 0. The van der Waals surface area contributed by atoms with Crippen LogP contribution < -0.4 is 5.32 Å². The second kappa shape index (κ2) is 8.54. The number of hydrogen-bond acceptors (Lipinski definition) is 2. The van der Waals surface area contributed by atoms with Gasteiger partial charge in [0.15, 0.2) is 0 Å². The number of hydrogen-bond donors (Lipinski definition) is 2. The molecule has 0 bridgehead atoms. The smallest absolute Gasteiger partial charge is 0.326 e. The van der Waals surface area contributed by atoms with E-state index in [9.17, 15) is 14.7 Å². The molecule has 0 aliphatic rings. The van der Waals surface area contributed by atoms with Gasteiger partial charge in [-0.25, -0.2) is 4.79 Å². The van der Waals surface area contributed by atoms with E-state index in [4.69, 9.17) is 6.42 Å². The van der Waals surface area contributed by atoms with E-state index in [0.29, 0.717) is 24.8 Å². The largest absolute Gasteiger partial charge is 0.480 e. The van der Waals surface area contributed by atoms with Crippen LogP contribution in [0.3, 0.4) is 0 Å². The number of rotatable bonds is 7. The molecule has 2 aromatic rings. The molecule has 0 saturated heterocycles. The fourth-order valence-corrected chi connectivity index (χ4v) is 2.35. The number of aliphatic carboxylic acids is 1. The molecular weight excluding hydrogens is 302 g/mol. The molecule has 0 aliphatic heterocycles. The summed E-state index contributed by atoms with van der Waals surface area (Å²) in [5, 5.41) is 11.7. The third-order valence-electron chi connectivity index (χ3n) is 3.67.